The zero-order chi connectivity index (χ0) is 12.0. The van der Waals surface area contributed by atoms with Crippen molar-refractivity contribution in [2.24, 2.45) is 5.73 Å². The molecular formula is C11H15BrN2O2. The van der Waals surface area contributed by atoms with Crippen LogP contribution in [-0.4, -0.2) is 25.1 Å². The summed E-state index contributed by atoms with van der Waals surface area (Å²) in [5.74, 6) is 0.591. The molecule has 1 unspecified atom stereocenters. The second-order valence-corrected chi connectivity index (χ2v) is 4.31. The van der Waals surface area contributed by atoms with E-state index < -0.39 is 0 Å². The maximum absolute atomic E-state index is 10.9. The lowest BCUT2D eigenvalue weighted by atomic mass is 10.3. The molecule has 3 N–H and O–H groups in total. The van der Waals surface area contributed by atoms with Gasteiger partial charge in [0, 0.05) is 4.47 Å². The van der Waals surface area contributed by atoms with E-state index in [1.807, 2.05) is 31.2 Å². The highest BCUT2D eigenvalue weighted by atomic mass is 79.9. The second kappa shape index (κ2) is 6.50. The van der Waals surface area contributed by atoms with Crippen molar-refractivity contribution < 1.29 is 9.53 Å². The van der Waals surface area contributed by atoms with Crippen LogP contribution in [0.25, 0.3) is 0 Å². The second-order valence-electron chi connectivity index (χ2n) is 3.39. The SMILES string of the molecule is CC(CNC(=O)CN)Oc1cccc(Br)c1. The summed E-state index contributed by atoms with van der Waals surface area (Å²) in [6.45, 7) is 2.34. The first kappa shape index (κ1) is 13.0. The maximum atomic E-state index is 10.9. The highest BCUT2D eigenvalue weighted by Gasteiger charge is 2.05. The normalized spacial score (nSPS) is 11.9. The number of carbonyl (C=O) groups is 1. The fraction of sp³-hybridized carbons (Fsp3) is 0.364. The molecule has 1 amide bonds. The smallest absolute Gasteiger partial charge is 0.233 e. The van der Waals surface area contributed by atoms with E-state index in [2.05, 4.69) is 21.2 Å². The Balaban J connectivity index is 2.39. The number of nitrogens with one attached hydrogen (secondary N) is 1. The van der Waals surface area contributed by atoms with E-state index in [0.29, 0.717) is 6.54 Å². The highest BCUT2D eigenvalue weighted by Crippen LogP contribution is 2.18. The van der Waals surface area contributed by atoms with Crippen LogP contribution < -0.4 is 15.8 Å². The molecule has 0 saturated heterocycles. The van der Waals surface area contributed by atoms with E-state index in [0.717, 1.165) is 10.2 Å². The molecule has 1 rings (SSSR count). The first-order valence-electron chi connectivity index (χ1n) is 5.01. The standard InChI is InChI=1S/C11H15BrN2O2/c1-8(7-14-11(15)6-13)16-10-4-2-3-9(12)5-10/h2-5,8H,6-7,13H2,1H3,(H,14,15). The van der Waals surface area contributed by atoms with Gasteiger partial charge in [0.2, 0.25) is 5.91 Å². The summed E-state index contributed by atoms with van der Waals surface area (Å²) in [5.41, 5.74) is 5.17. The lowest BCUT2D eigenvalue weighted by Gasteiger charge is -2.15. The molecule has 5 heteroatoms. The van der Waals surface area contributed by atoms with Crippen molar-refractivity contribution in [3.63, 3.8) is 0 Å². The molecule has 88 valence electrons. The summed E-state index contributed by atoms with van der Waals surface area (Å²) in [6, 6.07) is 7.56. The van der Waals surface area contributed by atoms with Gasteiger partial charge in [0.1, 0.15) is 11.9 Å². The minimum Gasteiger partial charge on any atom is -0.489 e. The Morgan fingerprint density at radius 2 is 2.38 bits per heavy atom. The predicted octanol–water partition coefficient (Wildman–Crippen LogP) is 1.29. The van der Waals surface area contributed by atoms with Crippen molar-refractivity contribution in [1.29, 1.82) is 0 Å². The topological polar surface area (TPSA) is 64.4 Å². The molecule has 0 aromatic heterocycles. The Morgan fingerprint density at radius 3 is 3.00 bits per heavy atom. The van der Waals surface area contributed by atoms with Crippen LogP contribution in [-0.2, 0) is 4.79 Å². The lowest BCUT2D eigenvalue weighted by Crippen LogP contribution is -2.37. The molecule has 0 fully saturated rings. The van der Waals surface area contributed by atoms with Crippen LogP contribution in [0.3, 0.4) is 0 Å². The Bertz CT molecular complexity index is 358. The summed E-state index contributed by atoms with van der Waals surface area (Å²) in [4.78, 5) is 10.9. The summed E-state index contributed by atoms with van der Waals surface area (Å²) in [6.07, 6.45) is -0.0928. The van der Waals surface area contributed by atoms with Gasteiger partial charge in [-0.2, -0.15) is 0 Å². The number of amides is 1. The van der Waals surface area contributed by atoms with E-state index in [1.54, 1.807) is 0 Å². The van der Waals surface area contributed by atoms with Crippen molar-refractivity contribution in [3.05, 3.63) is 28.7 Å². The van der Waals surface area contributed by atoms with Gasteiger partial charge in [-0.05, 0) is 25.1 Å². The Hall–Kier alpha value is -1.07. The summed E-state index contributed by atoms with van der Waals surface area (Å²) >= 11 is 3.36. The minimum atomic E-state index is -0.176. The van der Waals surface area contributed by atoms with E-state index in [9.17, 15) is 4.79 Å². The van der Waals surface area contributed by atoms with Gasteiger partial charge in [0.05, 0.1) is 13.1 Å². The summed E-state index contributed by atoms with van der Waals surface area (Å²) in [5, 5.41) is 2.67. The van der Waals surface area contributed by atoms with E-state index in [1.165, 1.54) is 0 Å². The number of nitrogens with two attached hydrogens (primary N) is 1. The number of hydrogen-bond donors (Lipinski definition) is 2. The molecule has 0 aliphatic carbocycles. The Kier molecular flexibility index (Phi) is 5.28. The number of rotatable bonds is 5. The molecule has 1 aromatic carbocycles. The van der Waals surface area contributed by atoms with Gasteiger partial charge < -0.3 is 15.8 Å². The number of ether oxygens (including phenoxy) is 1. The first-order valence-corrected chi connectivity index (χ1v) is 5.80. The van der Waals surface area contributed by atoms with Crippen LogP contribution in [0.15, 0.2) is 28.7 Å². The van der Waals surface area contributed by atoms with Crippen LogP contribution in [0.2, 0.25) is 0 Å². The van der Waals surface area contributed by atoms with Crippen molar-refractivity contribution in [2.45, 2.75) is 13.0 Å². The molecule has 0 radical (unpaired) electrons. The molecule has 0 heterocycles. The third kappa shape index (κ3) is 4.63. The van der Waals surface area contributed by atoms with Gasteiger partial charge >= 0.3 is 0 Å². The van der Waals surface area contributed by atoms with Gasteiger partial charge in [-0.1, -0.05) is 22.0 Å². The molecule has 0 aliphatic rings. The van der Waals surface area contributed by atoms with Crippen LogP contribution >= 0.6 is 15.9 Å². The summed E-state index contributed by atoms with van der Waals surface area (Å²) < 4.78 is 6.57. The third-order valence-corrected chi connectivity index (χ3v) is 2.40. The Morgan fingerprint density at radius 1 is 1.62 bits per heavy atom. The van der Waals surface area contributed by atoms with Crippen LogP contribution in [0.5, 0.6) is 5.75 Å². The number of halogens is 1. The van der Waals surface area contributed by atoms with Crippen molar-refractivity contribution in [1.82, 2.24) is 5.32 Å². The average Bonchev–Trinajstić information content (AvgIpc) is 2.26. The maximum Gasteiger partial charge on any atom is 0.233 e. The number of hydrogen-bond acceptors (Lipinski definition) is 3. The van der Waals surface area contributed by atoms with Crippen LogP contribution in [0.4, 0.5) is 0 Å². The van der Waals surface area contributed by atoms with Crippen molar-refractivity contribution in [3.8, 4) is 5.75 Å². The molecule has 1 atom stereocenters. The quantitative estimate of drug-likeness (QED) is 0.857. The molecule has 0 spiro atoms. The minimum absolute atomic E-state index is 0.00358. The molecule has 0 saturated carbocycles. The van der Waals surface area contributed by atoms with Crippen molar-refractivity contribution >= 4 is 21.8 Å². The van der Waals surface area contributed by atoms with E-state index in [-0.39, 0.29) is 18.6 Å². The highest BCUT2D eigenvalue weighted by molar-refractivity contribution is 9.10. The van der Waals surface area contributed by atoms with Gasteiger partial charge in [-0.15, -0.1) is 0 Å². The van der Waals surface area contributed by atoms with Gasteiger partial charge in [0.25, 0.3) is 0 Å². The van der Waals surface area contributed by atoms with Crippen LogP contribution in [0.1, 0.15) is 6.92 Å². The van der Waals surface area contributed by atoms with Crippen molar-refractivity contribution in [2.75, 3.05) is 13.1 Å². The van der Waals surface area contributed by atoms with Gasteiger partial charge in [-0.25, -0.2) is 0 Å². The van der Waals surface area contributed by atoms with Gasteiger partial charge in [-0.3, -0.25) is 4.79 Å². The average molecular weight is 287 g/mol. The molecular weight excluding hydrogens is 272 g/mol. The fourth-order valence-corrected chi connectivity index (χ4v) is 1.52. The molecule has 16 heavy (non-hydrogen) atoms. The molecule has 0 bridgehead atoms. The molecule has 4 nitrogen and oxygen atoms in total. The summed E-state index contributed by atoms with van der Waals surface area (Å²) in [7, 11) is 0. The fourth-order valence-electron chi connectivity index (χ4n) is 1.14. The number of benzene rings is 1. The largest absolute Gasteiger partial charge is 0.489 e. The lowest BCUT2D eigenvalue weighted by molar-refractivity contribution is -0.120. The van der Waals surface area contributed by atoms with Crippen LogP contribution in [0, 0.1) is 0 Å². The van der Waals surface area contributed by atoms with Gasteiger partial charge in [0.15, 0.2) is 0 Å². The van der Waals surface area contributed by atoms with E-state index >= 15 is 0 Å². The number of carbonyl (C=O) groups excluding carboxylic acids is 1. The predicted molar refractivity (Wildman–Crippen MR) is 66.3 cm³/mol. The first-order chi connectivity index (χ1) is 7.61. The zero-order valence-electron chi connectivity index (χ0n) is 9.07. The third-order valence-electron chi connectivity index (χ3n) is 1.91. The van der Waals surface area contributed by atoms with E-state index in [4.69, 9.17) is 10.5 Å². The Labute approximate surface area is 103 Å². The zero-order valence-corrected chi connectivity index (χ0v) is 10.7. The molecule has 0 aliphatic heterocycles. The monoisotopic (exact) mass is 286 g/mol. The molecule has 1 aromatic rings.